The van der Waals surface area contributed by atoms with Gasteiger partial charge in [0, 0.05) is 4.90 Å². The number of phenolic OH excluding ortho intramolecular Hbond substituents is 1. The number of anilines is 1. The number of benzene rings is 2. The second-order valence-corrected chi connectivity index (χ2v) is 11.9. The summed E-state index contributed by atoms with van der Waals surface area (Å²) >= 11 is 1.39. The summed E-state index contributed by atoms with van der Waals surface area (Å²) in [4.78, 5) is 16.5. The maximum Gasteiger partial charge on any atom is 0.350 e. The van der Waals surface area contributed by atoms with Gasteiger partial charge < -0.3 is 14.2 Å². The number of carbonyl (C=O) groups excluding carboxylic acids is 1. The number of amides is 1. The van der Waals surface area contributed by atoms with Gasteiger partial charge in [0.05, 0.1) is 23.8 Å². The van der Waals surface area contributed by atoms with Crippen molar-refractivity contribution in [2.45, 2.75) is 58.3 Å². The van der Waals surface area contributed by atoms with Crippen molar-refractivity contribution in [2.24, 2.45) is 0 Å². The standard InChI is InChI=1S/C26H34NO5PS/c1-7-31-33(30,32-8-2)16-27-22-11-9-10-12-23(22)34-24(26(27)29)15-19-13-20(17(3)4)25(28)21(14-19)18(5)6/h9-15,17-18,28H,7-8,16H2,1-6H3/b24-15-. The van der Waals surface area contributed by atoms with Crippen molar-refractivity contribution in [3.8, 4) is 5.75 Å². The summed E-state index contributed by atoms with van der Waals surface area (Å²) in [5, 5.41) is 10.8. The number of para-hydroxylation sites is 1. The molecule has 2 aromatic rings. The minimum Gasteiger partial charge on any atom is -0.507 e. The van der Waals surface area contributed by atoms with E-state index in [1.165, 1.54) is 16.7 Å². The molecule has 0 aliphatic carbocycles. The van der Waals surface area contributed by atoms with Crippen LogP contribution in [0.4, 0.5) is 5.69 Å². The number of fused-ring (bicyclic) bond motifs is 1. The van der Waals surface area contributed by atoms with Crippen molar-refractivity contribution in [3.05, 3.63) is 58.0 Å². The fraction of sp³-hybridized carbons (Fsp3) is 0.423. The van der Waals surface area contributed by atoms with Gasteiger partial charge in [0.2, 0.25) is 0 Å². The van der Waals surface area contributed by atoms with Crippen LogP contribution in [-0.4, -0.2) is 30.5 Å². The second-order valence-electron chi connectivity index (χ2n) is 8.76. The van der Waals surface area contributed by atoms with Crippen LogP contribution in [-0.2, 0) is 18.4 Å². The quantitative estimate of drug-likeness (QED) is 0.285. The summed E-state index contributed by atoms with van der Waals surface area (Å²) in [6, 6.07) is 11.4. The lowest BCUT2D eigenvalue weighted by Gasteiger charge is -2.32. The second kappa shape index (κ2) is 11.1. The van der Waals surface area contributed by atoms with Crippen LogP contribution in [0.15, 0.2) is 46.2 Å². The largest absolute Gasteiger partial charge is 0.507 e. The SMILES string of the molecule is CCOP(=O)(CN1C(=O)/C(=C/c2cc(C(C)C)c(O)c(C(C)C)c2)Sc2ccccc21)OCC. The zero-order chi connectivity index (χ0) is 25.0. The fourth-order valence-corrected chi connectivity index (χ4v) is 6.62. The van der Waals surface area contributed by atoms with Crippen molar-refractivity contribution in [1.82, 2.24) is 0 Å². The van der Waals surface area contributed by atoms with E-state index in [0.29, 0.717) is 16.3 Å². The monoisotopic (exact) mass is 503 g/mol. The van der Waals surface area contributed by atoms with Crippen LogP contribution in [0.5, 0.6) is 5.75 Å². The summed E-state index contributed by atoms with van der Waals surface area (Å²) in [5.41, 5.74) is 3.23. The lowest BCUT2D eigenvalue weighted by atomic mass is 9.91. The molecule has 6 nitrogen and oxygen atoms in total. The average molecular weight is 504 g/mol. The number of nitrogens with zero attached hydrogens (tertiary/aromatic N) is 1. The number of aromatic hydroxyl groups is 1. The van der Waals surface area contributed by atoms with Gasteiger partial charge in [0.15, 0.2) is 0 Å². The number of hydrogen-bond donors (Lipinski definition) is 1. The van der Waals surface area contributed by atoms with Crippen molar-refractivity contribution in [1.29, 1.82) is 0 Å². The molecule has 1 heterocycles. The first-order chi connectivity index (χ1) is 16.1. The van der Waals surface area contributed by atoms with Crippen LogP contribution in [0.2, 0.25) is 0 Å². The Balaban J connectivity index is 2.09. The number of carbonyl (C=O) groups is 1. The number of hydrogen-bond acceptors (Lipinski definition) is 6. The Morgan fingerprint density at radius 3 is 2.12 bits per heavy atom. The smallest absolute Gasteiger partial charge is 0.350 e. The van der Waals surface area contributed by atoms with E-state index < -0.39 is 7.60 Å². The first-order valence-corrected chi connectivity index (χ1v) is 14.2. The van der Waals surface area contributed by atoms with Crippen molar-refractivity contribution in [3.63, 3.8) is 0 Å². The van der Waals surface area contributed by atoms with Gasteiger partial charge in [-0.1, -0.05) is 51.6 Å². The topological polar surface area (TPSA) is 76.1 Å². The molecule has 0 saturated heterocycles. The fourth-order valence-electron chi connectivity index (χ4n) is 3.91. The van der Waals surface area contributed by atoms with E-state index in [0.717, 1.165) is 21.6 Å². The van der Waals surface area contributed by atoms with E-state index in [2.05, 4.69) is 0 Å². The molecule has 1 amide bonds. The highest BCUT2D eigenvalue weighted by Crippen LogP contribution is 2.52. The molecule has 34 heavy (non-hydrogen) atoms. The highest BCUT2D eigenvalue weighted by molar-refractivity contribution is 8.04. The van der Waals surface area contributed by atoms with Crippen LogP contribution in [0.3, 0.4) is 0 Å². The number of rotatable bonds is 9. The Morgan fingerprint density at radius 2 is 1.59 bits per heavy atom. The van der Waals surface area contributed by atoms with Crippen LogP contribution < -0.4 is 4.90 Å². The molecule has 0 fully saturated rings. The Labute approximate surface area is 206 Å². The summed E-state index contributed by atoms with van der Waals surface area (Å²) in [6.45, 7) is 12.1. The van der Waals surface area contributed by atoms with E-state index in [1.54, 1.807) is 13.8 Å². The zero-order valence-electron chi connectivity index (χ0n) is 20.7. The summed E-state index contributed by atoms with van der Waals surface area (Å²) in [7, 11) is -3.50. The Bertz CT molecular complexity index is 1090. The predicted octanol–water partition coefficient (Wildman–Crippen LogP) is 7.34. The van der Waals surface area contributed by atoms with Crippen LogP contribution >= 0.6 is 19.4 Å². The summed E-state index contributed by atoms with van der Waals surface area (Å²) in [5.74, 6) is 0.321. The molecule has 0 spiro atoms. The van der Waals surface area contributed by atoms with Gasteiger partial charge in [-0.15, -0.1) is 0 Å². The van der Waals surface area contributed by atoms with E-state index >= 15 is 0 Å². The summed E-state index contributed by atoms with van der Waals surface area (Å²) < 4.78 is 24.2. The maximum atomic E-state index is 13.6. The molecule has 0 radical (unpaired) electrons. The van der Waals surface area contributed by atoms with E-state index in [4.69, 9.17) is 9.05 Å². The molecule has 0 saturated carbocycles. The molecule has 8 heteroatoms. The molecule has 1 aliphatic heterocycles. The molecule has 0 atom stereocenters. The molecule has 3 rings (SSSR count). The van der Waals surface area contributed by atoms with Gasteiger partial charge in [-0.05, 0) is 72.7 Å². The third-order valence-corrected chi connectivity index (χ3v) is 8.54. The molecule has 0 aromatic heterocycles. The third-order valence-electron chi connectivity index (χ3n) is 5.53. The van der Waals surface area contributed by atoms with Crippen LogP contribution in [0.1, 0.15) is 70.1 Å². The predicted molar refractivity (Wildman–Crippen MR) is 140 cm³/mol. The van der Waals surface area contributed by atoms with Gasteiger partial charge in [-0.2, -0.15) is 0 Å². The van der Waals surface area contributed by atoms with Gasteiger partial charge in [0.1, 0.15) is 12.0 Å². The summed E-state index contributed by atoms with van der Waals surface area (Å²) in [6.07, 6.45) is 1.69. The van der Waals surface area contributed by atoms with Crippen molar-refractivity contribution < 1.29 is 23.5 Å². The van der Waals surface area contributed by atoms with Crippen molar-refractivity contribution >= 4 is 37.0 Å². The van der Waals surface area contributed by atoms with E-state index in [9.17, 15) is 14.5 Å². The first kappa shape index (κ1) is 26.6. The minimum absolute atomic E-state index is 0.131. The average Bonchev–Trinajstić information content (AvgIpc) is 2.77. The van der Waals surface area contributed by atoms with Crippen LogP contribution in [0.25, 0.3) is 6.08 Å². The zero-order valence-corrected chi connectivity index (χ0v) is 22.4. The molecule has 184 valence electrons. The molecule has 2 aromatic carbocycles. The first-order valence-electron chi connectivity index (χ1n) is 11.7. The van der Waals surface area contributed by atoms with Crippen LogP contribution in [0, 0.1) is 0 Å². The highest BCUT2D eigenvalue weighted by atomic mass is 32.2. The Morgan fingerprint density at radius 1 is 1.03 bits per heavy atom. The Hall–Kier alpha value is -2.05. The van der Waals surface area contributed by atoms with Gasteiger partial charge >= 0.3 is 7.60 Å². The lowest BCUT2D eigenvalue weighted by Crippen LogP contribution is -2.35. The van der Waals surface area contributed by atoms with E-state index in [-0.39, 0.29) is 37.2 Å². The van der Waals surface area contributed by atoms with Gasteiger partial charge in [0.25, 0.3) is 5.91 Å². The van der Waals surface area contributed by atoms with Crippen molar-refractivity contribution in [2.75, 3.05) is 24.4 Å². The molecular weight excluding hydrogens is 469 g/mol. The number of phenols is 1. The highest BCUT2D eigenvalue weighted by Gasteiger charge is 2.36. The molecular formula is C26H34NO5PS. The lowest BCUT2D eigenvalue weighted by molar-refractivity contribution is -0.114. The molecule has 0 bridgehead atoms. The van der Waals surface area contributed by atoms with Gasteiger partial charge in [-0.3, -0.25) is 14.3 Å². The molecule has 0 unspecified atom stereocenters. The third kappa shape index (κ3) is 5.77. The number of thioether (sulfide) groups is 1. The maximum absolute atomic E-state index is 13.6. The van der Waals surface area contributed by atoms with Gasteiger partial charge in [-0.25, -0.2) is 0 Å². The normalized spacial score (nSPS) is 15.5. The van der Waals surface area contributed by atoms with E-state index in [1.807, 2.05) is 70.2 Å². The molecule has 1 aliphatic rings. The Kier molecular flexibility index (Phi) is 8.69. The minimum atomic E-state index is -3.50. The molecule has 1 N–H and O–H groups in total.